The average Bonchev–Trinajstić information content (AvgIpc) is 2.57. The first-order valence-electron chi connectivity index (χ1n) is 9.69. The van der Waals surface area contributed by atoms with E-state index in [0.717, 1.165) is 22.3 Å². The Hall–Kier alpha value is -1.77. The molecule has 0 fully saturated rings. The van der Waals surface area contributed by atoms with Crippen LogP contribution in [0.5, 0.6) is 0 Å². The first kappa shape index (κ1) is 21.5. The van der Waals surface area contributed by atoms with E-state index in [-0.39, 0.29) is 17.7 Å². The van der Waals surface area contributed by atoms with Crippen molar-refractivity contribution in [1.29, 1.82) is 0 Å². The van der Waals surface area contributed by atoms with Gasteiger partial charge in [-0.3, -0.25) is 0 Å². The lowest BCUT2D eigenvalue weighted by atomic mass is 9.79. The maximum Gasteiger partial charge on any atom is 0.134 e. The summed E-state index contributed by atoms with van der Waals surface area (Å²) in [6.45, 7) is 14.3. The fourth-order valence-electron chi connectivity index (χ4n) is 4.23. The van der Waals surface area contributed by atoms with Gasteiger partial charge in [0.25, 0.3) is 0 Å². The molecular formula is C24H31F3. The van der Waals surface area contributed by atoms with Gasteiger partial charge >= 0.3 is 0 Å². The number of halogens is 3. The SMILES string of the molecule is Cc1cc(CF)c(C(C)C)c(-c2c(C)c(C(C)C)cc(C(C)F)c2C)c1F. The molecule has 27 heavy (non-hydrogen) atoms. The summed E-state index contributed by atoms with van der Waals surface area (Å²) < 4.78 is 43.6. The fraction of sp³-hybridized carbons (Fsp3) is 0.500. The van der Waals surface area contributed by atoms with Crippen LogP contribution in [0.2, 0.25) is 0 Å². The standard InChI is InChI=1S/C24H31F3/c1-12(2)19-10-20(17(8)26)16(7)22(15(19)6)23-21(13(3)4)18(11-25)9-14(5)24(23)27/h9-10,12-13,17H,11H2,1-8H3. The molecule has 0 saturated heterocycles. The van der Waals surface area contributed by atoms with Crippen LogP contribution in [-0.2, 0) is 6.67 Å². The minimum atomic E-state index is -1.15. The predicted molar refractivity (Wildman–Crippen MR) is 109 cm³/mol. The first-order valence-corrected chi connectivity index (χ1v) is 9.69. The van der Waals surface area contributed by atoms with Crippen molar-refractivity contribution < 1.29 is 13.2 Å². The number of aryl methyl sites for hydroxylation is 1. The van der Waals surface area contributed by atoms with Crippen LogP contribution < -0.4 is 0 Å². The Labute approximate surface area is 161 Å². The van der Waals surface area contributed by atoms with Crippen molar-refractivity contribution in [2.45, 2.75) is 80.1 Å². The van der Waals surface area contributed by atoms with E-state index in [1.165, 1.54) is 6.92 Å². The van der Waals surface area contributed by atoms with E-state index in [1.807, 2.05) is 33.8 Å². The third-order valence-electron chi connectivity index (χ3n) is 5.52. The average molecular weight is 377 g/mol. The highest BCUT2D eigenvalue weighted by atomic mass is 19.1. The minimum Gasteiger partial charge on any atom is -0.246 e. The smallest absolute Gasteiger partial charge is 0.134 e. The maximum absolute atomic E-state index is 15.4. The molecule has 1 unspecified atom stereocenters. The van der Waals surface area contributed by atoms with E-state index in [4.69, 9.17) is 0 Å². The summed E-state index contributed by atoms with van der Waals surface area (Å²) in [4.78, 5) is 0. The summed E-state index contributed by atoms with van der Waals surface area (Å²) in [6.07, 6.45) is -1.15. The molecule has 2 aromatic carbocycles. The predicted octanol–water partition coefficient (Wildman–Crippen LogP) is 8.16. The molecule has 0 nitrogen and oxygen atoms in total. The molecule has 2 rings (SSSR count). The lowest BCUT2D eigenvalue weighted by Gasteiger charge is -2.26. The number of hydrogen-bond donors (Lipinski definition) is 0. The van der Waals surface area contributed by atoms with Gasteiger partial charge in [-0.25, -0.2) is 13.2 Å². The summed E-state index contributed by atoms with van der Waals surface area (Å²) in [6, 6.07) is 3.51. The van der Waals surface area contributed by atoms with Crippen molar-refractivity contribution in [2.24, 2.45) is 0 Å². The molecule has 0 amide bonds. The summed E-state index contributed by atoms with van der Waals surface area (Å²) in [7, 11) is 0. The van der Waals surface area contributed by atoms with Crippen LogP contribution in [0.1, 0.15) is 91.6 Å². The second-order valence-electron chi connectivity index (χ2n) is 8.19. The molecule has 148 valence electrons. The van der Waals surface area contributed by atoms with Gasteiger partial charge in [-0.2, -0.15) is 0 Å². The molecule has 0 bridgehead atoms. The molecule has 0 radical (unpaired) electrons. The largest absolute Gasteiger partial charge is 0.246 e. The van der Waals surface area contributed by atoms with Crippen LogP contribution in [0.4, 0.5) is 13.2 Å². The van der Waals surface area contributed by atoms with Crippen LogP contribution >= 0.6 is 0 Å². The monoisotopic (exact) mass is 376 g/mol. The van der Waals surface area contributed by atoms with Gasteiger partial charge in [0.05, 0.1) is 0 Å². The second-order valence-corrected chi connectivity index (χ2v) is 8.19. The summed E-state index contributed by atoms with van der Waals surface area (Å²) in [5.74, 6) is -0.202. The number of alkyl halides is 2. The quantitative estimate of drug-likeness (QED) is 0.494. The summed E-state index contributed by atoms with van der Waals surface area (Å²) in [5.41, 5.74) is 6.06. The van der Waals surface area contributed by atoms with Crippen molar-refractivity contribution in [1.82, 2.24) is 0 Å². The van der Waals surface area contributed by atoms with E-state index in [2.05, 4.69) is 13.8 Å². The highest BCUT2D eigenvalue weighted by molar-refractivity contribution is 5.79. The summed E-state index contributed by atoms with van der Waals surface area (Å²) in [5, 5.41) is 0. The second kappa shape index (κ2) is 8.08. The number of hydrogen-bond acceptors (Lipinski definition) is 0. The zero-order valence-electron chi connectivity index (χ0n) is 17.7. The Morgan fingerprint density at radius 1 is 0.815 bits per heavy atom. The van der Waals surface area contributed by atoms with Crippen molar-refractivity contribution in [3.63, 3.8) is 0 Å². The van der Waals surface area contributed by atoms with Crippen LogP contribution in [0.3, 0.4) is 0 Å². The number of rotatable bonds is 5. The van der Waals surface area contributed by atoms with Crippen LogP contribution in [0.25, 0.3) is 11.1 Å². The fourth-order valence-corrected chi connectivity index (χ4v) is 4.23. The molecule has 0 saturated carbocycles. The molecule has 0 spiro atoms. The van der Waals surface area contributed by atoms with Crippen molar-refractivity contribution in [3.05, 3.63) is 56.9 Å². The Kier molecular flexibility index (Phi) is 6.44. The highest BCUT2D eigenvalue weighted by Crippen LogP contribution is 2.43. The minimum absolute atomic E-state index is 0.0476. The first-order chi connectivity index (χ1) is 12.5. The Bertz CT molecular complexity index is 813. The molecule has 1 atom stereocenters. The lowest BCUT2D eigenvalue weighted by molar-refractivity contribution is 0.372. The van der Waals surface area contributed by atoms with E-state index in [1.54, 1.807) is 13.0 Å². The maximum atomic E-state index is 15.4. The van der Waals surface area contributed by atoms with E-state index in [0.29, 0.717) is 27.8 Å². The van der Waals surface area contributed by atoms with E-state index < -0.39 is 12.8 Å². The normalized spacial score (nSPS) is 12.9. The number of benzene rings is 2. The van der Waals surface area contributed by atoms with Crippen LogP contribution in [0.15, 0.2) is 12.1 Å². The Morgan fingerprint density at radius 2 is 1.37 bits per heavy atom. The third kappa shape index (κ3) is 3.79. The van der Waals surface area contributed by atoms with Crippen LogP contribution in [-0.4, -0.2) is 0 Å². The van der Waals surface area contributed by atoms with Gasteiger partial charge in [0.15, 0.2) is 0 Å². The molecule has 0 heterocycles. The van der Waals surface area contributed by atoms with E-state index in [9.17, 15) is 8.78 Å². The zero-order chi connectivity index (χ0) is 20.6. The van der Waals surface area contributed by atoms with Gasteiger partial charge < -0.3 is 0 Å². The third-order valence-corrected chi connectivity index (χ3v) is 5.52. The van der Waals surface area contributed by atoms with Crippen molar-refractivity contribution in [3.8, 4) is 11.1 Å². The molecule has 0 aromatic heterocycles. The molecule has 0 aliphatic heterocycles. The van der Waals surface area contributed by atoms with Crippen molar-refractivity contribution in [2.75, 3.05) is 0 Å². The highest BCUT2D eigenvalue weighted by Gasteiger charge is 2.26. The van der Waals surface area contributed by atoms with Gasteiger partial charge in [0.2, 0.25) is 0 Å². The van der Waals surface area contributed by atoms with E-state index >= 15 is 4.39 Å². The molecule has 0 N–H and O–H groups in total. The van der Waals surface area contributed by atoms with Gasteiger partial charge in [-0.1, -0.05) is 39.8 Å². The molecular weight excluding hydrogens is 345 g/mol. The van der Waals surface area contributed by atoms with Gasteiger partial charge in [-0.05, 0) is 84.0 Å². The molecule has 0 aliphatic carbocycles. The van der Waals surface area contributed by atoms with Crippen LogP contribution in [0, 0.1) is 26.6 Å². The van der Waals surface area contributed by atoms with Gasteiger partial charge in [-0.15, -0.1) is 0 Å². The molecule has 2 aromatic rings. The molecule has 3 heteroatoms. The Morgan fingerprint density at radius 3 is 1.81 bits per heavy atom. The van der Waals surface area contributed by atoms with Gasteiger partial charge in [0, 0.05) is 5.56 Å². The van der Waals surface area contributed by atoms with Crippen molar-refractivity contribution >= 4 is 0 Å². The van der Waals surface area contributed by atoms with Gasteiger partial charge in [0.1, 0.15) is 18.7 Å². The summed E-state index contributed by atoms with van der Waals surface area (Å²) >= 11 is 0. The zero-order valence-corrected chi connectivity index (χ0v) is 17.7. The lowest BCUT2D eigenvalue weighted by Crippen LogP contribution is -2.09. The Balaban J connectivity index is 3.08. The molecule has 0 aliphatic rings. The topological polar surface area (TPSA) is 0 Å².